The number of nitrogen functional groups attached to an aromatic ring is 1. The van der Waals surface area contributed by atoms with E-state index < -0.39 is 10.0 Å². The predicted molar refractivity (Wildman–Crippen MR) is 72.9 cm³/mol. The van der Waals surface area contributed by atoms with Crippen LogP contribution in [0.3, 0.4) is 0 Å². The number of sulfonamides is 1. The molecule has 2 aromatic rings. The van der Waals surface area contributed by atoms with Crippen molar-refractivity contribution in [2.75, 3.05) is 17.1 Å². The molecule has 0 atom stereocenters. The second-order valence-corrected chi connectivity index (χ2v) is 5.85. The van der Waals surface area contributed by atoms with Gasteiger partial charge in [-0.1, -0.05) is 18.2 Å². The normalized spacial score (nSPS) is 11.2. The summed E-state index contributed by atoms with van der Waals surface area (Å²) in [6, 6.07) is 15.0. The Kier molecular flexibility index (Phi) is 3.25. The fraction of sp³-hybridized carbons (Fsp3) is 0.0769. The maximum absolute atomic E-state index is 12.3. The van der Waals surface area contributed by atoms with Gasteiger partial charge in [-0.15, -0.1) is 0 Å². The Balaban J connectivity index is 2.39. The highest BCUT2D eigenvalue weighted by molar-refractivity contribution is 7.92. The van der Waals surface area contributed by atoms with Gasteiger partial charge in [-0.05, 0) is 36.4 Å². The smallest absolute Gasteiger partial charge is 0.264 e. The van der Waals surface area contributed by atoms with Crippen molar-refractivity contribution in [3.8, 4) is 0 Å². The minimum absolute atomic E-state index is 0.268. The van der Waals surface area contributed by atoms with Crippen LogP contribution in [0.15, 0.2) is 59.5 Å². The molecular weight excluding hydrogens is 248 g/mol. The zero-order valence-corrected chi connectivity index (χ0v) is 10.8. The highest BCUT2D eigenvalue weighted by atomic mass is 32.2. The minimum atomic E-state index is -3.51. The maximum atomic E-state index is 12.3. The van der Waals surface area contributed by atoms with Gasteiger partial charge in [-0.2, -0.15) is 0 Å². The van der Waals surface area contributed by atoms with E-state index in [0.29, 0.717) is 11.4 Å². The van der Waals surface area contributed by atoms with Crippen LogP contribution >= 0.6 is 0 Å². The first-order chi connectivity index (χ1) is 8.51. The van der Waals surface area contributed by atoms with Crippen molar-refractivity contribution in [1.29, 1.82) is 0 Å². The molecule has 5 heteroatoms. The average Bonchev–Trinajstić information content (AvgIpc) is 2.40. The van der Waals surface area contributed by atoms with Crippen molar-refractivity contribution >= 4 is 21.4 Å². The molecule has 94 valence electrons. The first kappa shape index (κ1) is 12.4. The first-order valence-corrected chi connectivity index (χ1v) is 6.85. The van der Waals surface area contributed by atoms with Crippen LogP contribution < -0.4 is 10.0 Å². The van der Waals surface area contributed by atoms with Gasteiger partial charge in [-0.25, -0.2) is 8.42 Å². The summed E-state index contributed by atoms with van der Waals surface area (Å²) in [6.45, 7) is 0. The maximum Gasteiger partial charge on any atom is 0.264 e. The molecule has 4 nitrogen and oxygen atoms in total. The molecule has 0 bridgehead atoms. The van der Waals surface area contributed by atoms with E-state index in [2.05, 4.69) is 0 Å². The van der Waals surface area contributed by atoms with Crippen LogP contribution in [0.5, 0.6) is 0 Å². The number of benzene rings is 2. The molecule has 0 heterocycles. The second kappa shape index (κ2) is 4.70. The molecule has 0 aliphatic carbocycles. The number of hydrogen-bond acceptors (Lipinski definition) is 3. The van der Waals surface area contributed by atoms with Crippen molar-refractivity contribution < 1.29 is 8.42 Å². The zero-order valence-electron chi connectivity index (χ0n) is 9.95. The topological polar surface area (TPSA) is 63.4 Å². The van der Waals surface area contributed by atoms with Gasteiger partial charge in [0, 0.05) is 12.7 Å². The molecule has 0 radical (unpaired) electrons. The highest BCUT2D eigenvalue weighted by Crippen LogP contribution is 2.22. The van der Waals surface area contributed by atoms with E-state index in [9.17, 15) is 8.42 Å². The standard InChI is InChI=1S/C13H14N2O2S/c1-15(12-9-7-11(14)8-10-12)18(16,17)13-5-3-2-4-6-13/h2-10H,14H2,1H3. The summed E-state index contributed by atoms with van der Waals surface area (Å²) in [4.78, 5) is 0.268. The Morgan fingerprint density at radius 3 is 2.06 bits per heavy atom. The molecule has 0 saturated heterocycles. The van der Waals surface area contributed by atoms with Crippen molar-refractivity contribution in [3.63, 3.8) is 0 Å². The van der Waals surface area contributed by atoms with Gasteiger partial charge in [0.25, 0.3) is 10.0 Å². The first-order valence-electron chi connectivity index (χ1n) is 5.41. The Hall–Kier alpha value is -2.01. The van der Waals surface area contributed by atoms with Gasteiger partial charge in [0.1, 0.15) is 0 Å². The lowest BCUT2D eigenvalue weighted by Crippen LogP contribution is -2.26. The molecular formula is C13H14N2O2S. The molecule has 0 spiro atoms. The van der Waals surface area contributed by atoms with Gasteiger partial charge in [0.15, 0.2) is 0 Å². The summed E-state index contributed by atoms with van der Waals surface area (Å²) in [6.07, 6.45) is 0. The van der Waals surface area contributed by atoms with E-state index in [1.54, 1.807) is 54.6 Å². The van der Waals surface area contributed by atoms with Crippen LogP contribution in [0, 0.1) is 0 Å². The Bertz CT molecular complexity index is 622. The number of nitrogens with zero attached hydrogens (tertiary/aromatic N) is 1. The number of hydrogen-bond donors (Lipinski definition) is 1. The van der Waals surface area contributed by atoms with Gasteiger partial charge < -0.3 is 5.73 Å². The van der Waals surface area contributed by atoms with E-state index in [-0.39, 0.29) is 4.90 Å². The quantitative estimate of drug-likeness (QED) is 0.861. The van der Waals surface area contributed by atoms with E-state index in [1.807, 2.05) is 0 Å². The molecule has 2 aromatic carbocycles. The molecule has 0 unspecified atom stereocenters. The molecule has 2 N–H and O–H groups in total. The fourth-order valence-corrected chi connectivity index (χ4v) is 2.79. The third kappa shape index (κ3) is 2.31. The number of rotatable bonds is 3. The van der Waals surface area contributed by atoms with Gasteiger partial charge >= 0.3 is 0 Å². The lowest BCUT2D eigenvalue weighted by Gasteiger charge is -2.19. The Morgan fingerprint density at radius 2 is 1.50 bits per heavy atom. The van der Waals surface area contributed by atoms with Crippen molar-refractivity contribution in [3.05, 3.63) is 54.6 Å². The Labute approximate surface area is 107 Å². The molecule has 0 saturated carbocycles. The molecule has 2 rings (SSSR count). The van der Waals surface area contributed by atoms with Crippen molar-refractivity contribution in [1.82, 2.24) is 0 Å². The molecule has 18 heavy (non-hydrogen) atoms. The van der Waals surface area contributed by atoms with E-state index in [4.69, 9.17) is 5.73 Å². The average molecular weight is 262 g/mol. The van der Waals surface area contributed by atoms with Crippen LogP contribution in [-0.4, -0.2) is 15.5 Å². The third-order valence-corrected chi connectivity index (χ3v) is 4.46. The van der Waals surface area contributed by atoms with Gasteiger partial charge in [0.2, 0.25) is 0 Å². The van der Waals surface area contributed by atoms with Crippen LogP contribution in [-0.2, 0) is 10.0 Å². The third-order valence-electron chi connectivity index (χ3n) is 2.66. The highest BCUT2D eigenvalue weighted by Gasteiger charge is 2.20. The molecule has 0 fully saturated rings. The summed E-state index contributed by atoms with van der Waals surface area (Å²) in [7, 11) is -1.99. The monoisotopic (exact) mass is 262 g/mol. The molecule has 0 amide bonds. The predicted octanol–water partition coefficient (Wildman–Crippen LogP) is 2.09. The van der Waals surface area contributed by atoms with Crippen LogP contribution in [0.25, 0.3) is 0 Å². The van der Waals surface area contributed by atoms with Gasteiger partial charge in [-0.3, -0.25) is 4.31 Å². The zero-order chi connectivity index (χ0) is 13.2. The van der Waals surface area contributed by atoms with Crippen molar-refractivity contribution in [2.45, 2.75) is 4.90 Å². The summed E-state index contributed by atoms with van der Waals surface area (Å²) >= 11 is 0. The fourth-order valence-electron chi connectivity index (χ4n) is 1.57. The lowest BCUT2D eigenvalue weighted by atomic mass is 10.3. The van der Waals surface area contributed by atoms with E-state index in [0.717, 1.165) is 0 Å². The van der Waals surface area contributed by atoms with Crippen LogP contribution in [0.2, 0.25) is 0 Å². The minimum Gasteiger partial charge on any atom is -0.399 e. The lowest BCUT2D eigenvalue weighted by molar-refractivity contribution is 0.594. The van der Waals surface area contributed by atoms with Crippen LogP contribution in [0.4, 0.5) is 11.4 Å². The summed E-state index contributed by atoms with van der Waals surface area (Å²) in [5.41, 5.74) is 6.76. The van der Waals surface area contributed by atoms with E-state index in [1.165, 1.54) is 11.4 Å². The van der Waals surface area contributed by atoms with Crippen LogP contribution in [0.1, 0.15) is 0 Å². The Morgan fingerprint density at radius 1 is 0.944 bits per heavy atom. The molecule has 0 aromatic heterocycles. The summed E-state index contributed by atoms with van der Waals surface area (Å²) < 4.78 is 25.9. The largest absolute Gasteiger partial charge is 0.399 e. The summed E-state index contributed by atoms with van der Waals surface area (Å²) in [5.74, 6) is 0. The molecule has 0 aliphatic heterocycles. The van der Waals surface area contributed by atoms with Crippen molar-refractivity contribution in [2.24, 2.45) is 0 Å². The summed E-state index contributed by atoms with van der Waals surface area (Å²) in [5, 5.41) is 0. The van der Waals surface area contributed by atoms with Gasteiger partial charge in [0.05, 0.1) is 10.6 Å². The number of anilines is 2. The second-order valence-electron chi connectivity index (χ2n) is 3.88. The van der Waals surface area contributed by atoms with E-state index >= 15 is 0 Å². The number of nitrogens with two attached hydrogens (primary N) is 1. The SMILES string of the molecule is CN(c1ccc(N)cc1)S(=O)(=O)c1ccccc1. The molecule has 0 aliphatic rings.